The fraction of sp³-hybridized carbons (Fsp3) is 0.214. The van der Waals surface area contributed by atoms with Crippen LogP contribution in [0.4, 0.5) is 0 Å². The van der Waals surface area contributed by atoms with E-state index in [0.29, 0.717) is 37.1 Å². The Bertz CT molecular complexity index is 1200. The molecule has 0 bridgehead atoms. The van der Waals surface area contributed by atoms with Gasteiger partial charge in [0.1, 0.15) is 5.70 Å². The molecule has 0 aliphatic carbocycles. The number of hydrogen-bond acceptors (Lipinski definition) is 4. The molecule has 3 aromatic rings. The summed E-state index contributed by atoms with van der Waals surface area (Å²) in [6, 6.07) is 23.5. The number of halogens is 1. The standard InChI is InChI=1S/C28H27BrN2O4/c29-24-12-10-23(11-13-24)28(35)14-16-31(17-15-28)27(34)25(18-20-4-2-1-3-5-20)30-26(33)22-8-6-21(19-32)7-9-22/h1-13,18,32,35H,14-17,19H2,(H,30,33)/b25-18-. The first-order valence-corrected chi connectivity index (χ1v) is 12.2. The maximum atomic E-state index is 13.5. The van der Waals surface area contributed by atoms with Crippen LogP contribution in [0, 0.1) is 0 Å². The van der Waals surface area contributed by atoms with Gasteiger partial charge in [-0.15, -0.1) is 0 Å². The Hall–Kier alpha value is -3.26. The number of piperidine rings is 1. The van der Waals surface area contributed by atoms with Crippen molar-refractivity contribution in [3.05, 3.63) is 111 Å². The highest BCUT2D eigenvalue weighted by Gasteiger charge is 2.36. The lowest BCUT2D eigenvalue weighted by atomic mass is 9.84. The lowest BCUT2D eigenvalue weighted by Gasteiger charge is -2.38. The molecule has 0 radical (unpaired) electrons. The second kappa shape index (κ2) is 11.0. The van der Waals surface area contributed by atoms with Gasteiger partial charge < -0.3 is 20.4 Å². The predicted molar refractivity (Wildman–Crippen MR) is 138 cm³/mol. The molecular weight excluding hydrogens is 508 g/mol. The normalized spacial score (nSPS) is 15.5. The number of aliphatic hydroxyl groups excluding tert-OH is 1. The second-order valence-electron chi connectivity index (χ2n) is 8.61. The van der Waals surface area contributed by atoms with Gasteiger partial charge in [-0.1, -0.05) is 70.5 Å². The van der Waals surface area contributed by atoms with Crippen LogP contribution in [0.15, 0.2) is 89.0 Å². The van der Waals surface area contributed by atoms with Crippen molar-refractivity contribution < 1.29 is 19.8 Å². The van der Waals surface area contributed by atoms with Crippen LogP contribution in [0.2, 0.25) is 0 Å². The van der Waals surface area contributed by atoms with Gasteiger partial charge in [-0.05, 0) is 59.9 Å². The monoisotopic (exact) mass is 534 g/mol. The van der Waals surface area contributed by atoms with Crippen LogP contribution in [0.1, 0.15) is 39.9 Å². The van der Waals surface area contributed by atoms with E-state index in [0.717, 1.165) is 15.6 Å². The summed E-state index contributed by atoms with van der Waals surface area (Å²) in [6.07, 6.45) is 2.46. The van der Waals surface area contributed by atoms with Gasteiger partial charge in [-0.25, -0.2) is 0 Å². The van der Waals surface area contributed by atoms with Crippen LogP contribution in [0.5, 0.6) is 0 Å². The van der Waals surface area contributed by atoms with E-state index < -0.39 is 11.5 Å². The van der Waals surface area contributed by atoms with E-state index in [2.05, 4.69) is 21.2 Å². The van der Waals surface area contributed by atoms with Crippen molar-refractivity contribution in [3.8, 4) is 0 Å². The minimum absolute atomic E-state index is 0.110. The summed E-state index contributed by atoms with van der Waals surface area (Å²) in [5.74, 6) is -0.708. The zero-order valence-corrected chi connectivity index (χ0v) is 20.7. The maximum Gasteiger partial charge on any atom is 0.270 e. The van der Waals surface area contributed by atoms with E-state index in [1.165, 1.54) is 0 Å². The Morgan fingerprint density at radius 1 is 0.943 bits per heavy atom. The Morgan fingerprint density at radius 3 is 2.17 bits per heavy atom. The number of nitrogens with zero attached hydrogens (tertiary/aromatic N) is 1. The molecule has 1 fully saturated rings. The molecule has 180 valence electrons. The zero-order valence-electron chi connectivity index (χ0n) is 19.2. The number of aliphatic hydroxyl groups is 2. The van der Waals surface area contributed by atoms with E-state index in [1.54, 1.807) is 35.2 Å². The van der Waals surface area contributed by atoms with Crippen LogP contribution < -0.4 is 5.32 Å². The van der Waals surface area contributed by atoms with Gasteiger partial charge in [0, 0.05) is 23.1 Å². The average molecular weight is 535 g/mol. The van der Waals surface area contributed by atoms with Crippen LogP contribution in [0.25, 0.3) is 6.08 Å². The average Bonchev–Trinajstić information content (AvgIpc) is 2.89. The molecule has 1 aliphatic rings. The molecule has 0 spiro atoms. The van der Waals surface area contributed by atoms with Crippen LogP contribution in [0.3, 0.4) is 0 Å². The quantitative estimate of drug-likeness (QED) is 0.413. The molecule has 4 rings (SSSR count). The van der Waals surface area contributed by atoms with Gasteiger partial charge in [0.15, 0.2) is 0 Å². The fourth-order valence-corrected chi connectivity index (χ4v) is 4.39. The molecule has 0 saturated carbocycles. The third-order valence-electron chi connectivity index (χ3n) is 6.25. The summed E-state index contributed by atoms with van der Waals surface area (Å²) in [6.45, 7) is 0.609. The van der Waals surface area contributed by atoms with E-state index in [1.807, 2.05) is 54.6 Å². The van der Waals surface area contributed by atoms with Gasteiger partial charge in [0.2, 0.25) is 0 Å². The third kappa shape index (κ3) is 6.06. The summed E-state index contributed by atoms with van der Waals surface area (Å²) < 4.78 is 0.940. The van der Waals surface area contributed by atoms with E-state index in [-0.39, 0.29) is 18.2 Å². The van der Waals surface area contributed by atoms with Gasteiger partial charge in [0.05, 0.1) is 12.2 Å². The number of rotatable bonds is 6. The maximum absolute atomic E-state index is 13.5. The Kier molecular flexibility index (Phi) is 7.80. The lowest BCUT2D eigenvalue weighted by molar-refractivity contribution is -0.131. The summed E-state index contributed by atoms with van der Waals surface area (Å²) in [5.41, 5.74) is 1.86. The summed E-state index contributed by atoms with van der Waals surface area (Å²) in [5, 5.41) is 23.2. The first-order valence-electron chi connectivity index (χ1n) is 11.4. The molecule has 1 heterocycles. The molecule has 7 heteroatoms. The number of hydrogen-bond donors (Lipinski definition) is 3. The molecule has 6 nitrogen and oxygen atoms in total. The Labute approximate surface area is 213 Å². The van der Waals surface area contributed by atoms with E-state index in [9.17, 15) is 19.8 Å². The lowest BCUT2D eigenvalue weighted by Crippen LogP contribution is -2.47. The van der Waals surface area contributed by atoms with Crippen molar-refractivity contribution in [2.45, 2.75) is 25.0 Å². The third-order valence-corrected chi connectivity index (χ3v) is 6.78. The number of amides is 2. The molecule has 0 atom stereocenters. The second-order valence-corrected chi connectivity index (χ2v) is 9.52. The Balaban J connectivity index is 1.52. The fourth-order valence-electron chi connectivity index (χ4n) is 4.12. The van der Waals surface area contributed by atoms with Gasteiger partial charge in [-0.3, -0.25) is 9.59 Å². The van der Waals surface area contributed by atoms with Gasteiger partial charge in [0.25, 0.3) is 11.8 Å². The number of nitrogens with one attached hydrogen (secondary N) is 1. The highest BCUT2D eigenvalue weighted by molar-refractivity contribution is 9.10. The minimum atomic E-state index is -1.00. The van der Waals surface area contributed by atoms with Crippen LogP contribution >= 0.6 is 15.9 Å². The van der Waals surface area contributed by atoms with Gasteiger partial charge >= 0.3 is 0 Å². The van der Waals surface area contributed by atoms with E-state index >= 15 is 0 Å². The molecule has 0 unspecified atom stereocenters. The smallest absolute Gasteiger partial charge is 0.270 e. The first-order chi connectivity index (χ1) is 16.9. The number of carbonyl (C=O) groups excluding carboxylic acids is 2. The van der Waals surface area contributed by atoms with Crippen LogP contribution in [-0.2, 0) is 17.0 Å². The molecule has 1 saturated heterocycles. The SMILES string of the molecule is O=C(N/C(=C\c1ccccc1)C(=O)N1CCC(O)(c2ccc(Br)cc2)CC1)c1ccc(CO)cc1. The van der Waals surface area contributed by atoms with E-state index in [4.69, 9.17) is 0 Å². The molecule has 3 N–H and O–H groups in total. The summed E-state index contributed by atoms with van der Waals surface area (Å²) >= 11 is 3.42. The highest BCUT2D eigenvalue weighted by Crippen LogP contribution is 2.33. The molecule has 35 heavy (non-hydrogen) atoms. The number of benzene rings is 3. The summed E-state index contributed by atoms with van der Waals surface area (Å²) in [7, 11) is 0. The topological polar surface area (TPSA) is 89.9 Å². The van der Waals surface area contributed by atoms with Crippen molar-refractivity contribution in [1.29, 1.82) is 0 Å². The van der Waals surface area contributed by atoms with Crippen molar-refractivity contribution in [2.24, 2.45) is 0 Å². The molecule has 3 aromatic carbocycles. The molecular formula is C28H27BrN2O4. The summed E-state index contributed by atoms with van der Waals surface area (Å²) in [4.78, 5) is 28.1. The number of carbonyl (C=O) groups is 2. The number of likely N-dealkylation sites (tertiary alicyclic amines) is 1. The van der Waals surface area contributed by atoms with Gasteiger partial charge in [-0.2, -0.15) is 0 Å². The predicted octanol–water partition coefficient (Wildman–Crippen LogP) is 4.22. The molecule has 0 aromatic heterocycles. The zero-order chi connectivity index (χ0) is 24.8. The molecule has 1 aliphatic heterocycles. The van der Waals surface area contributed by atoms with Crippen molar-refractivity contribution in [2.75, 3.05) is 13.1 Å². The van der Waals surface area contributed by atoms with Crippen LogP contribution in [-0.4, -0.2) is 40.0 Å². The largest absolute Gasteiger partial charge is 0.392 e. The van der Waals surface area contributed by atoms with Crippen molar-refractivity contribution in [1.82, 2.24) is 10.2 Å². The minimum Gasteiger partial charge on any atom is -0.392 e. The molecule has 2 amide bonds. The van der Waals surface area contributed by atoms with Crippen molar-refractivity contribution in [3.63, 3.8) is 0 Å². The Morgan fingerprint density at radius 2 is 1.57 bits per heavy atom. The first kappa shape index (κ1) is 24.9. The highest BCUT2D eigenvalue weighted by atomic mass is 79.9. The van der Waals surface area contributed by atoms with Crippen molar-refractivity contribution >= 4 is 33.8 Å².